The number of nitrogens with one attached hydrogen (secondary N) is 1. The first kappa shape index (κ1) is 13.5. The third-order valence-corrected chi connectivity index (χ3v) is 3.33. The van der Waals surface area contributed by atoms with Crippen LogP contribution in [0.5, 0.6) is 0 Å². The predicted octanol–water partition coefficient (Wildman–Crippen LogP) is 2.66. The topological polar surface area (TPSA) is 75.6 Å². The highest BCUT2D eigenvalue weighted by Crippen LogP contribution is 2.27. The molecule has 2 heterocycles. The van der Waals surface area contributed by atoms with E-state index >= 15 is 0 Å². The minimum Gasteiger partial charge on any atom is -0.472 e. The molecule has 1 aromatic carbocycles. The maximum Gasteiger partial charge on any atom is 0.254 e. The first-order chi connectivity index (χ1) is 10.1. The summed E-state index contributed by atoms with van der Waals surface area (Å²) in [5.41, 5.74) is -0.178. The molecule has 21 heavy (non-hydrogen) atoms. The minimum atomic E-state index is -1.29. The number of carbonyl (C=O) groups is 1. The van der Waals surface area contributed by atoms with E-state index in [1.165, 1.54) is 12.5 Å². The number of hydrogen-bond acceptors (Lipinski definition) is 4. The molecule has 0 aliphatic carbocycles. The van der Waals surface area contributed by atoms with E-state index in [1.807, 2.05) is 24.3 Å². The summed E-state index contributed by atoms with van der Waals surface area (Å²) in [6.07, 6.45) is 2.78. The lowest BCUT2D eigenvalue weighted by molar-refractivity contribution is 0.0344. The van der Waals surface area contributed by atoms with Crippen LogP contribution in [-0.2, 0) is 5.60 Å². The normalized spacial score (nSPS) is 14.0. The van der Waals surface area contributed by atoms with Gasteiger partial charge in [-0.25, -0.2) is 0 Å². The second kappa shape index (κ2) is 5.10. The van der Waals surface area contributed by atoms with Crippen molar-refractivity contribution in [2.24, 2.45) is 0 Å². The van der Waals surface area contributed by atoms with Crippen LogP contribution in [0, 0.1) is 0 Å². The summed E-state index contributed by atoms with van der Waals surface area (Å²) >= 11 is 0. The monoisotopic (exact) mass is 285 g/mol. The van der Waals surface area contributed by atoms with Crippen LogP contribution in [0.15, 0.2) is 57.8 Å². The van der Waals surface area contributed by atoms with Crippen molar-refractivity contribution in [2.45, 2.75) is 12.5 Å². The molecule has 0 bridgehead atoms. The lowest BCUT2D eigenvalue weighted by atomic mass is 10.0. The summed E-state index contributed by atoms with van der Waals surface area (Å²) in [7, 11) is 0. The van der Waals surface area contributed by atoms with Gasteiger partial charge in [0.1, 0.15) is 23.2 Å². The molecule has 2 N–H and O–H groups in total. The van der Waals surface area contributed by atoms with Gasteiger partial charge in [-0.1, -0.05) is 18.2 Å². The standard InChI is InChI=1S/C16H15NO4/c1-16(19,10-17-15(18)12-6-7-20-9-12)14-8-11-4-2-3-5-13(11)21-14/h2-9,19H,10H2,1H3,(H,17,18). The molecular formula is C16H15NO4. The third kappa shape index (κ3) is 2.68. The molecule has 5 nitrogen and oxygen atoms in total. The number of amides is 1. The fourth-order valence-electron chi connectivity index (χ4n) is 2.08. The highest BCUT2D eigenvalue weighted by Gasteiger charge is 2.28. The number of carbonyl (C=O) groups excluding carboxylic acids is 1. The average molecular weight is 285 g/mol. The Hall–Kier alpha value is -2.53. The highest BCUT2D eigenvalue weighted by atomic mass is 16.4. The van der Waals surface area contributed by atoms with Gasteiger partial charge in [0.25, 0.3) is 5.91 Å². The Morgan fingerprint density at radius 3 is 2.86 bits per heavy atom. The van der Waals surface area contributed by atoms with Crippen molar-refractivity contribution < 1.29 is 18.7 Å². The van der Waals surface area contributed by atoms with E-state index in [1.54, 1.807) is 19.1 Å². The largest absolute Gasteiger partial charge is 0.472 e. The minimum absolute atomic E-state index is 0.0385. The molecule has 1 atom stereocenters. The number of benzene rings is 1. The fourth-order valence-corrected chi connectivity index (χ4v) is 2.08. The third-order valence-electron chi connectivity index (χ3n) is 3.33. The number of hydrogen-bond donors (Lipinski definition) is 2. The van der Waals surface area contributed by atoms with Gasteiger partial charge < -0.3 is 19.3 Å². The number of furan rings is 2. The molecule has 3 aromatic rings. The molecule has 0 aliphatic heterocycles. The van der Waals surface area contributed by atoms with E-state index in [4.69, 9.17) is 8.83 Å². The van der Waals surface area contributed by atoms with E-state index in [2.05, 4.69) is 5.32 Å². The van der Waals surface area contributed by atoms with Gasteiger partial charge >= 0.3 is 0 Å². The number of fused-ring (bicyclic) bond motifs is 1. The number of aliphatic hydroxyl groups is 1. The molecule has 5 heteroatoms. The van der Waals surface area contributed by atoms with Crippen molar-refractivity contribution in [1.82, 2.24) is 5.32 Å². The molecule has 0 saturated carbocycles. The van der Waals surface area contributed by atoms with Crippen LogP contribution in [0.1, 0.15) is 23.0 Å². The molecule has 0 saturated heterocycles. The van der Waals surface area contributed by atoms with Crippen molar-refractivity contribution >= 4 is 16.9 Å². The predicted molar refractivity (Wildman–Crippen MR) is 76.8 cm³/mol. The molecule has 0 aliphatic rings. The smallest absolute Gasteiger partial charge is 0.254 e. The van der Waals surface area contributed by atoms with Crippen molar-refractivity contribution in [1.29, 1.82) is 0 Å². The van der Waals surface area contributed by atoms with Gasteiger partial charge in [0.2, 0.25) is 0 Å². The summed E-state index contributed by atoms with van der Waals surface area (Å²) in [4.78, 5) is 11.8. The van der Waals surface area contributed by atoms with Crippen molar-refractivity contribution in [3.8, 4) is 0 Å². The van der Waals surface area contributed by atoms with Crippen molar-refractivity contribution in [2.75, 3.05) is 6.54 Å². The molecule has 108 valence electrons. The zero-order valence-corrected chi connectivity index (χ0v) is 11.5. The first-order valence-corrected chi connectivity index (χ1v) is 6.58. The Bertz CT molecular complexity index is 723. The maximum atomic E-state index is 11.8. The zero-order valence-electron chi connectivity index (χ0n) is 11.5. The molecule has 0 fully saturated rings. The Balaban J connectivity index is 1.75. The van der Waals surface area contributed by atoms with Gasteiger partial charge in [-0.3, -0.25) is 4.79 Å². The SMILES string of the molecule is CC(O)(CNC(=O)c1ccoc1)c1cc2ccccc2o1. The van der Waals surface area contributed by atoms with Gasteiger partial charge in [0.15, 0.2) is 0 Å². The Labute approximate surface area is 121 Å². The Morgan fingerprint density at radius 2 is 2.14 bits per heavy atom. The van der Waals surface area contributed by atoms with Gasteiger partial charge in [-0.05, 0) is 25.1 Å². The van der Waals surface area contributed by atoms with E-state index in [9.17, 15) is 9.90 Å². The van der Waals surface area contributed by atoms with Crippen LogP contribution in [0.3, 0.4) is 0 Å². The maximum absolute atomic E-state index is 11.8. The average Bonchev–Trinajstić information content (AvgIpc) is 3.13. The molecule has 0 spiro atoms. The summed E-state index contributed by atoms with van der Waals surface area (Å²) < 4.78 is 10.5. The van der Waals surface area contributed by atoms with E-state index < -0.39 is 5.60 Å². The number of rotatable bonds is 4. The molecule has 1 amide bonds. The molecule has 1 unspecified atom stereocenters. The highest BCUT2D eigenvalue weighted by molar-refractivity contribution is 5.93. The Kier molecular flexibility index (Phi) is 3.27. The van der Waals surface area contributed by atoms with Gasteiger partial charge in [-0.2, -0.15) is 0 Å². The van der Waals surface area contributed by atoms with Gasteiger partial charge in [-0.15, -0.1) is 0 Å². The van der Waals surface area contributed by atoms with Crippen LogP contribution in [0.4, 0.5) is 0 Å². The quantitative estimate of drug-likeness (QED) is 0.772. The van der Waals surface area contributed by atoms with Gasteiger partial charge in [0.05, 0.1) is 18.4 Å². The summed E-state index contributed by atoms with van der Waals surface area (Å²) in [5.74, 6) is 0.108. The summed E-state index contributed by atoms with van der Waals surface area (Å²) in [6, 6.07) is 10.8. The molecule has 2 aromatic heterocycles. The summed E-state index contributed by atoms with van der Waals surface area (Å²) in [5, 5.41) is 14.1. The van der Waals surface area contributed by atoms with E-state index in [0.29, 0.717) is 16.9 Å². The Morgan fingerprint density at radius 1 is 1.33 bits per heavy atom. The second-order valence-electron chi connectivity index (χ2n) is 5.12. The fraction of sp³-hybridized carbons (Fsp3) is 0.188. The van der Waals surface area contributed by atoms with Crippen LogP contribution < -0.4 is 5.32 Å². The van der Waals surface area contributed by atoms with Crippen molar-refractivity contribution in [3.05, 3.63) is 60.2 Å². The molecule has 0 radical (unpaired) electrons. The molecular weight excluding hydrogens is 270 g/mol. The van der Waals surface area contributed by atoms with Crippen LogP contribution in [-0.4, -0.2) is 17.6 Å². The van der Waals surface area contributed by atoms with Crippen molar-refractivity contribution in [3.63, 3.8) is 0 Å². The lowest BCUT2D eigenvalue weighted by Crippen LogP contribution is -2.38. The number of para-hydroxylation sites is 1. The summed E-state index contributed by atoms with van der Waals surface area (Å²) in [6.45, 7) is 1.64. The molecule has 3 rings (SSSR count). The van der Waals surface area contributed by atoms with Crippen LogP contribution >= 0.6 is 0 Å². The zero-order chi connectivity index (χ0) is 14.9. The first-order valence-electron chi connectivity index (χ1n) is 6.58. The van der Waals surface area contributed by atoms with Gasteiger partial charge in [0, 0.05) is 5.39 Å². The van der Waals surface area contributed by atoms with Crippen LogP contribution in [0.2, 0.25) is 0 Å². The van der Waals surface area contributed by atoms with Crippen LogP contribution in [0.25, 0.3) is 11.0 Å². The van der Waals surface area contributed by atoms with E-state index in [-0.39, 0.29) is 12.5 Å². The lowest BCUT2D eigenvalue weighted by Gasteiger charge is -2.20. The second-order valence-corrected chi connectivity index (χ2v) is 5.12. The van der Waals surface area contributed by atoms with E-state index in [0.717, 1.165) is 5.39 Å².